The summed E-state index contributed by atoms with van der Waals surface area (Å²) in [5.41, 5.74) is 7.32. The summed E-state index contributed by atoms with van der Waals surface area (Å²) in [6.45, 7) is 5.26. The van der Waals surface area contributed by atoms with E-state index in [9.17, 15) is 9.18 Å². The average molecular weight is 414 g/mol. The maximum atomic E-state index is 13.4. The van der Waals surface area contributed by atoms with E-state index < -0.39 is 0 Å². The Hall–Kier alpha value is -2.64. The molecule has 3 aromatic rings. The summed E-state index contributed by atoms with van der Waals surface area (Å²) in [4.78, 5) is 15.8. The van der Waals surface area contributed by atoms with Gasteiger partial charge in [0.2, 0.25) is 5.91 Å². The number of fused-ring (bicyclic) bond motifs is 1. The van der Waals surface area contributed by atoms with Crippen molar-refractivity contribution in [2.24, 2.45) is 5.73 Å². The summed E-state index contributed by atoms with van der Waals surface area (Å²) in [6.07, 6.45) is 0.225. The van der Waals surface area contributed by atoms with Gasteiger partial charge in [-0.25, -0.2) is 4.39 Å². The predicted molar refractivity (Wildman–Crippen MR) is 115 cm³/mol. The Kier molecular flexibility index (Phi) is 5.97. The van der Waals surface area contributed by atoms with Crippen molar-refractivity contribution in [3.63, 3.8) is 0 Å². The Morgan fingerprint density at radius 2 is 1.97 bits per heavy atom. The van der Waals surface area contributed by atoms with E-state index in [1.54, 1.807) is 17.4 Å². The highest BCUT2D eigenvalue weighted by atomic mass is 32.1. The number of piperazine rings is 1. The van der Waals surface area contributed by atoms with Gasteiger partial charge in [-0.2, -0.15) is 0 Å². The highest BCUT2D eigenvalue weighted by Crippen LogP contribution is 2.33. The molecule has 0 aliphatic carbocycles. The number of amides is 1. The molecule has 0 unspecified atom stereocenters. The first-order chi connectivity index (χ1) is 14.1. The molecule has 7 heteroatoms. The molecule has 5 nitrogen and oxygen atoms in total. The van der Waals surface area contributed by atoms with Gasteiger partial charge in [0.25, 0.3) is 0 Å². The lowest BCUT2D eigenvalue weighted by Crippen LogP contribution is -2.47. The van der Waals surface area contributed by atoms with E-state index in [1.165, 1.54) is 11.8 Å². The molecule has 1 aliphatic heterocycles. The fourth-order valence-electron chi connectivity index (χ4n) is 3.68. The van der Waals surface area contributed by atoms with E-state index in [-0.39, 0.29) is 18.1 Å². The van der Waals surface area contributed by atoms with Gasteiger partial charge < -0.3 is 15.4 Å². The molecular weight excluding hydrogens is 389 g/mol. The topological polar surface area (TPSA) is 58.8 Å². The average Bonchev–Trinajstić information content (AvgIpc) is 3.11. The number of halogens is 1. The van der Waals surface area contributed by atoms with Crippen LogP contribution in [0.25, 0.3) is 10.1 Å². The number of benzene rings is 2. The van der Waals surface area contributed by atoms with Gasteiger partial charge in [-0.05, 0) is 35.9 Å². The van der Waals surface area contributed by atoms with E-state index in [0.717, 1.165) is 54.1 Å². The van der Waals surface area contributed by atoms with Crippen LogP contribution in [-0.2, 0) is 11.2 Å². The minimum Gasteiger partial charge on any atom is -0.492 e. The minimum absolute atomic E-state index is 0.184. The number of carbonyl (C=O) groups is 1. The van der Waals surface area contributed by atoms with Crippen LogP contribution in [0.1, 0.15) is 5.56 Å². The highest BCUT2D eigenvalue weighted by Gasteiger charge is 2.19. The molecule has 4 rings (SSSR count). The monoisotopic (exact) mass is 413 g/mol. The molecule has 0 radical (unpaired) electrons. The van der Waals surface area contributed by atoms with E-state index in [0.29, 0.717) is 6.61 Å². The van der Waals surface area contributed by atoms with E-state index in [4.69, 9.17) is 10.5 Å². The zero-order chi connectivity index (χ0) is 20.2. The van der Waals surface area contributed by atoms with Crippen molar-refractivity contribution in [1.29, 1.82) is 0 Å². The van der Waals surface area contributed by atoms with Crippen LogP contribution in [0.3, 0.4) is 0 Å². The van der Waals surface area contributed by atoms with Crippen LogP contribution in [-0.4, -0.2) is 50.1 Å². The second-order valence-electron chi connectivity index (χ2n) is 7.23. The Morgan fingerprint density at radius 1 is 1.14 bits per heavy atom. The lowest BCUT2D eigenvalue weighted by atomic mass is 10.1. The van der Waals surface area contributed by atoms with Crippen molar-refractivity contribution in [2.45, 2.75) is 6.42 Å². The zero-order valence-corrected chi connectivity index (χ0v) is 17.0. The van der Waals surface area contributed by atoms with E-state index in [2.05, 4.69) is 15.2 Å². The maximum Gasteiger partial charge on any atom is 0.221 e. The lowest BCUT2D eigenvalue weighted by Gasteiger charge is -2.35. The number of nitrogens with zero attached hydrogens (tertiary/aromatic N) is 2. The van der Waals surface area contributed by atoms with Gasteiger partial charge in [-0.15, -0.1) is 11.3 Å². The first-order valence-electron chi connectivity index (χ1n) is 9.72. The smallest absolute Gasteiger partial charge is 0.221 e. The molecule has 152 valence electrons. The molecule has 1 saturated heterocycles. The summed E-state index contributed by atoms with van der Waals surface area (Å²) in [5, 5.41) is 3.26. The first-order valence-corrected chi connectivity index (χ1v) is 10.6. The van der Waals surface area contributed by atoms with Gasteiger partial charge >= 0.3 is 0 Å². The number of hydrogen-bond acceptors (Lipinski definition) is 5. The second-order valence-corrected chi connectivity index (χ2v) is 8.14. The third-order valence-corrected chi connectivity index (χ3v) is 6.12. The van der Waals surface area contributed by atoms with Crippen LogP contribution >= 0.6 is 11.3 Å². The van der Waals surface area contributed by atoms with Crippen molar-refractivity contribution < 1.29 is 13.9 Å². The summed E-state index contributed by atoms with van der Waals surface area (Å²) in [6, 6.07) is 12.5. The van der Waals surface area contributed by atoms with Crippen LogP contribution < -0.4 is 15.4 Å². The molecule has 0 atom stereocenters. The normalized spacial score (nSPS) is 15.0. The Labute approximate surface area is 173 Å². The van der Waals surface area contributed by atoms with Crippen LogP contribution in [0.15, 0.2) is 47.8 Å². The Bertz CT molecular complexity index is 999. The number of thiophene rings is 1. The molecule has 1 aliphatic rings. The fraction of sp³-hybridized carbons (Fsp3) is 0.318. The molecule has 0 saturated carbocycles. The van der Waals surface area contributed by atoms with Gasteiger partial charge in [0, 0.05) is 48.2 Å². The quantitative estimate of drug-likeness (QED) is 0.646. The molecule has 29 heavy (non-hydrogen) atoms. The SMILES string of the molecule is NC(=O)Cc1cccc(OCCN2CCN(c3csc4cc(F)ccc34)CC2)c1. The van der Waals surface area contributed by atoms with Crippen molar-refractivity contribution >= 4 is 33.0 Å². The van der Waals surface area contributed by atoms with Crippen molar-refractivity contribution in [3.05, 3.63) is 59.2 Å². The third kappa shape index (κ3) is 4.86. The molecule has 1 fully saturated rings. The predicted octanol–water partition coefficient (Wildman–Crippen LogP) is 3.27. The van der Waals surface area contributed by atoms with Crippen LogP contribution in [0, 0.1) is 5.82 Å². The third-order valence-electron chi connectivity index (χ3n) is 5.18. The number of ether oxygens (including phenoxy) is 1. The van der Waals surface area contributed by atoms with E-state index in [1.807, 2.05) is 30.3 Å². The number of primary amides is 1. The van der Waals surface area contributed by atoms with Gasteiger partial charge in [0.05, 0.1) is 12.1 Å². The standard InChI is InChI=1S/C22H24FN3O2S/c23-17-4-5-19-20(15-29-21(19)14-17)26-8-6-25(7-9-26)10-11-28-18-3-1-2-16(12-18)13-22(24)27/h1-5,12,14-15H,6-11,13H2,(H2,24,27). The molecule has 2 aromatic carbocycles. The number of rotatable bonds is 7. The number of anilines is 1. The van der Waals surface area contributed by atoms with Crippen molar-refractivity contribution in [3.8, 4) is 5.75 Å². The number of hydrogen-bond donors (Lipinski definition) is 1. The van der Waals surface area contributed by atoms with Crippen LogP contribution in [0.4, 0.5) is 10.1 Å². The summed E-state index contributed by atoms with van der Waals surface area (Å²) >= 11 is 1.59. The molecule has 1 amide bonds. The molecule has 2 N–H and O–H groups in total. The Balaban J connectivity index is 1.26. The second kappa shape index (κ2) is 8.80. The van der Waals surface area contributed by atoms with Gasteiger partial charge in [-0.1, -0.05) is 12.1 Å². The summed E-state index contributed by atoms with van der Waals surface area (Å²) < 4.78 is 20.3. The van der Waals surface area contributed by atoms with Crippen LogP contribution in [0.2, 0.25) is 0 Å². The molecular formula is C22H24FN3O2S. The highest BCUT2D eigenvalue weighted by molar-refractivity contribution is 7.17. The zero-order valence-electron chi connectivity index (χ0n) is 16.1. The number of carbonyl (C=O) groups excluding carboxylic acids is 1. The lowest BCUT2D eigenvalue weighted by molar-refractivity contribution is -0.117. The number of nitrogens with two attached hydrogens (primary N) is 1. The fourth-order valence-corrected chi connectivity index (χ4v) is 4.68. The van der Waals surface area contributed by atoms with Crippen LogP contribution in [0.5, 0.6) is 5.75 Å². The summed E-state index contributed by atoms with van der Waals surface area (Å²) in [5.74, 6) is 0.235. The van der Waals surface area contributed by atoms with E-state index >= 15 is 0 Å². The summed E-state index contributed by atoms with van der Waals surface area (Å²) in [7, 11) is 0. The van der Waals surface area contributed by atoms with Gasteiger partial charge in [0.15, 0.2) is 0 Å². The molecule has 0 spiro atoms. The van der Waals surface area contributed by atoms with Gasteiger partial charge in [0.1, 0.15) is 18.2 Å². The van der Waals surface area contributed by atoms with Crippen molar-refractivity contribution in [1.82, 2.24) is 4.90 Å². The molecule has 2 heterocycles. The Morgan fingerprint density at radius 3 is 2.76 bits per heavy atom. The minimum atomic E-state index is -0.344. The largest absolute Gasteiger partial charge is 0.492 e. The van der Waals surface area contributed by atoms with Gasteiger partial charge in [-0.3, -0.25) is 9.69 Å². The first kappa shape index (κ1) is 19.7. The van der Waals surface area contributed by atoms with Crippen molar-refractivity contribution in [2.75, 3.05) is 44.2 Å². The molecule has 0 bridgehead atoms. The maximum absolute atomic E-state index is 13.4. The molecule has 1 aromatic heterocycles.